The van der Waals surface area contributed by atoms with Gasteiger partial charge in [-0.3, -0.25) is 4.55 Å². The monoisotopic (exact) mass is 307 g/mol. The lowest BCUT2D eigenvalue weighted by molar-refractivity contribution is 0.483. The van der Waals surface area contributed by atoms with E-state index >= 15 is 0 Å². The molecule has 0 saturated carbocycles. The van der Waals surface area contributed by atoms with Crippen LogP contribution in [0.15, 0.2) is 59.5 Å². The van der Waals surface area contributed by atoms with E-state index in [2.05, 4.69) is 24.3 Å². The summed E-state index contributed by atoms with van der Waals surface area (Å²) in [6.07, 6.45) is 2.20. The predicted octanol–water partition coefficient (Wildman–Crippen LogP) is 2.82. The molecule has 2 aromatic carbocycles. The fourth-order valence-corrected chi connectivity index (χ4v) is 2.14. The molecule has 0 amide bonds. The Morgan fingerprint density at radius 3 is 2.05 bits per heavy atom. The van der Waals surface area contributed by atoms with Crippen molar-refractivity contribution in [3.63, 3.8) is 0 Å². The minimum atomic E-state index is -4.02. The molecule has 0 spiro atoms. The lowest BCUT2D eigenvalue weighted by Crippen LogP contribution is -1.99. The van der Waals surface area contributed by atoms with Crippen molar-refractivity contribution in [3.05, 3.63) is 65.7 Å². The summed E-state index contributed by atoms with van der Waals surface area (Å²) < 4.78 is 29.6. The Bertz CT molecular complexity index is 622. The van der Waals surface area contributed by atoms with Crippen LogP contribution in [-0.4, -0.2) is 19.5 Å². The molecule has 4 nitrogen and oxygen atoms in total. The summed E-state index contributed by atoms with van der Waals surface area (Å²) >= 11 is 0. The van der Waals surface area contributed by atoms with Gasteiger partial charge in [-0.2, -0.15) is 8.42 Å². The van der Waals surface area contributed by atoms with Crippen LogP contribution in [0, 0.1) is 6.92 Å². The van der Waals surface area contributed by atoms with Crippen LogP contribution in [0.1, 0.15) is 17.5 Å². The first kappa shape index (κ1) is 17.4. The van der Waals surface area contributed by atoms with Gasteiger partial charge in [0.1, 0.15) is 0 Å². The Morgan fingerprint density at radius 2 is 1.57 bits per heavy atom. The first-order valence-corrected chi connectivity index (χ1v) is 8.15. The Labute approximate surface area is 126 Å². The Kier molecular flexibility index (Phi) is 7.08. The predicted molar refractivity (Wildman–Crippen MR) is 84.8 cm³/mol. The first-order chi connectivity index (χ1) is 9.93. The van der Waals surface area contributed by atoms with Crippen molar-refractivity contribution < 1.29 is 13.0 Å². The normalized spacial score (nSPS) is 10.6. The fourth-order valence-electron chi connectivity index (χ4n) is 1.66. The molecule has 2 rings (SSSR count). The molecule has 0 bridgehead atoms. The second-order valence-corrected chi connectivity index (χ2v) is 6.09. The Hall–Kier alpha value is -1.69. The zero-order valence-corrected chi connectivity index (χ0v) is 12.9. The van der Waals surface area contributed by atoms with Gasteiger partial charge in [-0.1, -0.05) is 48.0 Å². The molecule has 0 heterocycles. The Morgan fingerprint density at radius 1 is 1.00 bits per heavy atom. The van der Waals surface area contributed by atoms with Crippen molar-refractivity contribution in [2.24, 2.45) is 5.73 Å². The molecule has 0 aliphatic heterocycles. The highest BCUT2D eigenvalue weighted by atomic mass is 32.2. The topological polar surface area (TPSA) is 80.4 Å². The fraction of sp³-hybridized carbons (Fsp3) is 0.250. The Balaban J connectivity index is 0.000000211. The number of rotatable bonds is 4. The van der Waals surface area contributed by atoms with E-state index in [1.165, 1.54) is 17.7 Å². The zero-order valence-electron chi connectivity index (χ0n) is 12.1. The van der Waals surface area contributed by atoms with Gasteiger partial charge in [-0.05, 0) is 44.0 Å². The molecule has 0 fully saturated rings. The molecule has 0 unspecified atom stereocenters. The van der Waals surface area contributed by atoms with E-state index in [-0.39, 0.29) is 4.90 Å². The van der Waals surface area contributed by atoms with Crippen LogP contribution in [0.25, 0.3) is 0 Å². The highest BCUT2D eigenvalue weighted by Gasteiger charge is 2.06. The minimum Gasteiger partial charge on any atom is -0.330 e. The molecule has 0 aliphatic rings. The molecule has 0 aromatic heterocycles. The van der Waals surface area contributed by atoms with Crippen molar-refractivity contribution in [1.82, 2.24) is 0 Å². The third-order valence-electron chi connectivity index (χ3n) is 2.83. The van der Waals surface area contributed by atoms with Crippen molar-refractivity contribution in [1.29, 1.82) is 0 Å². The number of hydrogen-bond acceptors (Lipinski definition) is 3. The molecule has 114 valence electrons. The van der Waals surface area contributed by atoms with E-state index in [1.54, 1.807) is 12.1 Å². The molecule has 21 heavy (non-hydrogen) atoms. The second-order valence-electron chi connectivity index (χ2n) is 4.67. The van der Waals surface area contributed by atoms with Crippen LogP contribution in [0.4, 0.5) is 0 Å². The van der Waals surface area contributed by atoms with Crippen molar-refractivity contribution in [2.45, 2.75) is 24.7 Å². The summed E-state index contributed by atoms with van der Waals surface area (Å²) in [5, 5.41) is 0. The molecule has 0 radical (unpaired) electrons. The van der Waals surface area contributed by atoms with Gasteiger partial charge < -0.3 is 5.73 Å². The molecular formula is C16H21NO3S. The molecule has 0 aliphatic carbocycles. The molecular weight excluding hydrogens is 286 g/mol. The smallest absolute Gasteiger partial charge is 0.294 e. The van der Waals surface area contributed by atoms with Gasteiger partial charge in [0.15, 0.2) is 0 Å². The first-order valence-electron chi connectivity index (χ1n) is 6.71. The van der Waals surface area contributed by atoms with Gasteiger partial charge in [-0.15, -0.1) is 0 Å². The van der Waals surface area contributed by atoms with Crippen molar-refractivity contribution in [3.8, 4) is 0 Å². The molecule has 0 saturated heterocycles. The van der Waals surface area contributed by atoms with Crippen molar-refractivity contribution in [2.75, 3.05) is 6.54 Å². The van der Waals surface area contributed by atoms with Gasteiger partial charge in [0.2, 0.25) is 0 Å². The highest BCUT2D eigenvalue weighted by Crippen LogP contribution is 2.08. The van der Waals surface area contributed by atoms with Crippen molar-refractivity contribution >= 4 is 10.1 Å². The second kappa shape index (κ2) is 8.56. The summed E-state index contributed by atoms with van der Waals surface area (Å²) in [6, 6.07) is 16.4. The van der Waals surface area contributed by atoms with E-state index in [1.807, 2.05) is 13.0 Å². The van der Waals surface area contributed by atoms with Crippen LogP contribution in [0.2, 0.25) is 0 Å². The van der Waals surface area contributed by atoms with Gasteiger partial charge in [0, 0.05) is 0 Å². The maximum absolute atomic E-state index is 10.5. The third-order valence-corrected chi connectivity index (χ3v) is 3.70. The third kappa shape index (κ3) is 7.04. The van der Waals surface area contributed by atoms with Gasteiger partial charge in [0.25, 0.3) is 10.1 Å². The van der Waals surface area contributed by atoms with Gasteiger partial charge in [0.05, 0.1) is 4.90 Å². The molecule has 5 heteroatoms. The molecule has 3 N–H and O–H groups in total. The summed E-state index contributed by atoms with van der Waals surface area (Å²) in [5.41, 5.74) is 7.71. The summed E-state index contributed by atoms with van der Waals surface area (Å²) in [4.78, 5) is -0.0666. The summed E-state index contributed by atoms with van der Waals surface area (Å²) in [5.74, 6) is 0. The van der Waals surface area contributed by atoms with E-state index in [0.29, 0.717) is 0 Å². The van der Waals surface area contributed by atoms with E-state index in [0.717, 1.165) is 24.9 Å². The van der Waals surface area contributed by atoms with E-state index in [4.69, 9.17) is 10.3 Å². The summed E-state index contributed by atoms with van der Waals surface area (Å²) in [7, 11) is -4.02. The quantitative estimate of drug-likeness (QED) is 0.851. The standard InChI is InChI=1S/C9H13N.C7H8O3S/c10-8-4-7-9-5-2-1-3-6-9;1-6-2-4-7(5-3-6)11(8,9)10/h1-3,5-6H,4,7-8,10H2;2-5H,1H3,(H,8,9,10). The number of hydrogen-bond donors (Lipinski definition) is 2. The maximum atomic E-state index is 10.5. The minimum absolute atomic E-state index is 0.0666. The average Bonchev–Trinajstić information content (AvgIpc) is 2.46. The lowest BCUT2D eigenvalue weighted by Gasteiger charge is -1.96. The van der Waals surface area contributed by atoms with Crippen LogP contribution in [0.5, 0.6) is 0 Å². The maximum Gasteiger partial charge on any atom is 0.294 e. The lowest BCUT2D eigenvalue weighted by atomic mass is 10.1. The van der Waals surface area contributed by atoms with Crippen LogP contribution >= 0.6 is 0 Å². The highest BCUT2D eigenvalue weighted by molar-refractivity contribution is 7.85. The van der Waals surface area contributed by atoms with Crippen LogP contribution in [0.3, 0.4) is 0 Å². The zero-order chi connectivity index (χ0) is 15.7. The van der Waals surface area contributed by atoms with Gasteiger partial charge >= 0.3 is 0 Å². The number of aryl methyl sites for hydroxylation is 2. The largest absolute Gasteiger partial charge is 0.330 e. The number of benzene rings is 2. The van der Waals surface area contributed by atoms with E-state index < -0.39 is 10.1 Å². The van der Waals surface area contributed by atoms with Gasteiger partial charge in [-0.25, -0.2) is 0 Å². The molecule has 2 aromatic rings. The van der Waals surface area contributed by atoms with Crippen LogP contribution in [-0.2, 0) is 16.5 Å². The summed E-state index contributed by atoms with van der Waals surface area (Å²) in [6.45, 7) is 2.63. The number of nitrogens with two attached hydrogens (primary N) is 1. The van der Waals surface area contributed by atoms with E-state index in [9.17, 15) is 8.42 Å². The average molecular weight is 307 g/mol. The molecule has 0 atom stereocenters. The van der Waals surface area contributed by atoms with Crippen LogP contribution < -0.4 is 5.73 Å². The SMILES string of the molecule is Cc1ccc(S(=O)(=O)O)cc1.NCCCc1ccccc1.